The SMILES string of the molecule is Cn1cc(Cn2c(=O)c3cc(S(=O)(=O)NC4(C(F)F)CC4)ccc3n(Cc3ccn(C)n3)c2=O)cn1. The number of halogens is 2. The molecule has 0 spiro atoms. The molecule has 0 unspecified atom stereocenters. The van der Waals surface area contributed by atoms with Gasteiger partial charge in [-0.3, -0.25) is 23.3 Å². The fourth-order valence-electron chi connectivity index (χ4n) is 4.13. The number of nitrogens with zero attached hydrogens (tertiary/aromatic N) is 6. The van der Waals surface area contributed by atoms with Crippen LogP contribution < -0.4 is 16.0 Å². The number of benzene rings is 1. The molecule has 0 radical (unpaired) electrons. The van der Waals surface area contributed by atoms with E-state index in [1.165, 1.54) is 27.6 Å². The maximum absolute atomic E-state index is 13.4. The molecule has 1 aromatic carbocycles. The van der Waals surface area contributed by atoms with Crippen molar-refractivity contribution in [2.75, 3.05) is 0 Å². The largest absolute Gasteiger partial charge is 0.332 e. The summed E-state index contributed by atoms with van der Waals surface area (Å²) in [6.45, 7) is -0.0598. The fraction of sp³-hybridized carbons (Fsp3) is 0.364. The summed E-state index contributed by atoms with van der Waals surface area (Å²) < 4.78 is 60.1. The van der Waals surface area contributed by atoms with E-state index in [0.717, 1.165) is 10.6 Å². The van der Waals surface area contributed by atoms with Crippen LogP contribution in [0.3, 0.4) is 0 Å². The van der Waals surface area contributed by atoms with Crippen molar-refractivity contribution in [3.05, 3.63) is 75.0 Å². The Kier molecular flexibility index (Phi) is 5.67. The lowest BCUT2D eigenvalue weighted by molar-refractivity contribution is 0.0970. The Morgan fingerprint density at radius 3 is 2.42 bits per heavy atom. The number of aryl methyl sites for hydroxylation is 2. The Morgan fingerprint density at radius 1 is 1.08 bits per heavy atom. The van der Waals surface area contributed by atoms with Gasteiger partial charge in [-0.15, -0.1) is 0 Å². The van der Waals surface area contributed by atoms with E-state index in [1.54, 1.807) is 37.2 Å². The number of hydrogen-bond acceptors (Lipinski definition) is 6. The van der Waals surface area contributed by atoms with Gasteiger partial charge in [-0.05, 0) is 37.1 Å². The molecule has 11 nitrogen and oxygen atoms in total. The van der Waals surface area contributed by atoms with Crippen LogP contribution in [0, 0.1) is 0 Å². The van der Waals surface area contributed by atoms with E-state index in [2.05, 4.69) is 14.9 Å². The molecule has 4 aromatic rings. The van der Waals surface area contributed by atoms with Crippen molar-refractivity contribution in [1.29, 1.82) is 0 Å². The third kappa shape index (κ3) is 4.26. The van der Waals surface area contributed by atoms with Crippen LogP contribution in [0.15, 0.2) is 57.3 Å². The molecule has 1 saturated carbocycles. The first kappa shape index (κ1) is 24.1. The van der Waals surface area contributed by atoms with Crippen molar-refractivity contribution < 1.29 is 17.2 Å². The van der Waals surface area contributed by atoms with Crippen LogP contribution in [0.25, 0.3) is 10.9 Å². The number of rotatable bonds is 8. The Bertz CT molecular complexity index is 1700. The van der Waals surface area contributed by atoms with E-state index in [9.17, 15) is 26.8 Å². The van der Waals surface area contributed by atoms with Gasteiger partial charge in [-0.25, -0.2) is 22.0 Å². The van der Waals surface area contributed by atoms with Gasteiger partial charge in [0, 0.05) is 32.1 Å². The van der Waals surface area contributed by atoms with E-state index >= 15 is 0 Å². The number of fused-ring (bicyclic) bond motifs is 1. The summed E-state index contributed by atoms with van der Waals surface area (Å²) >= 11 is 0. The maximum atomic E-state index is 13.4. The van der Waals surface area contributed by atoms with Crippen LogP contribution in [0.4, 0.5) is 8.78 Å². The van der Waals surface area contributed by atoms with Crippen molar-refractivity contribution in [3.8, 4) is 0 Å². The quantitative estimate of drug-likeness (QED) is 0.367. The van der Waals surface area contributed by atoms with Crippen molar-refractivity contribution in [3.63, 3.8) is 0 Å². The molecule has 3 aromatic heterocycles. The van der Waals surface area contributed by atoms with E-state index in [0.29, 0.717) is 11.3 Å². The molecule has 0 aliphatic heterocycles. The van der Waals surface area contributed by atoms with Crippen LogP contribution >= 0.6 is 0 Å². The zero-order valence-corrected chi connectivity index (χ0v) is 20.2. The molecule has 1 aliphatic carbocycles. The van der Waals surface area contributed by atoms with Gasteiger partial charge in [0.1, 0.15) is 0 Å². The lowest BCUT2D eigenvalue weighted by Gasteiger charge is -2.17. The van der Waals surface area contributed by atoms with E-state index in [4.69, 9.17) is 0 Å². The Hall–Kier alpha value is -3.65. The third-order valence-corrected chi connectivity index (χ3v) is 7.79. The van der Waals surface area contributed by atoms with Gasteiger partial charge in [0.15, 0.2) is 0 Å². The number of alkyl halides is 2. The smallest absolute Gasteiger partial charge is 0.287 e. The predicted molar refractivity (Wildman–Crippen MR) is 125 cm³/mol. The number of hydrogen-bond donors (Lipinski definition) is 1. The maximum Gasteiger partial charge on any atom is 0.332 e. The zero-order chi connectivity index (χ0) is 25.8. The minimum Gasteiger partial charge on any atom is -0.287 e. The van der Waals surface area contributed by atoms with Crippen LogP contribution in [-0.4, -0.2) is 49.1 Å². The molecular weight excluding hydrogens is 496 g/mol. The molecular formula is C22H23F2N7O4S. The average molecular weight is 520 g/mol. The van der Waals surface area contributed by atoms with Gasteiger partial charge in [-0.1, -0.05) is 0 Å². The Balaban J connectivity index is 1.67. The summed E-state index contributed by atoms with van der Waals surface area (Å²) in [6, 6.07) is 5.38. The van der Waals surface area contributed by atoms with Gasteiger partial charge in [0.25, 0.3) is 12.0 Å². The first-order valence-corrected chi connectivity index (χ1v) is 12.5. The fourth-order valence-corrected chi connectivity index (χ4v) is 5.60. The Labute approximate surface area is 203 Å². The molecule has 0 bridgehead atoms. The summed E-state index contributed by atoms with van der Waals surface area (Å²) in [7, 11) is -0.927. The van der Waals surface area contributed by atoms with Crippen LogP contribution in [0.2, 0.25) is 0 Å². The highest BCUT2D eigenvalue weighted by molar-refractivity contribution is 7.89. The molecule has 0 saturated heterocycles. The highest BCUT2D eigenvalue weighted by Gasteiger charge is 2.53. The number of sulfonamides is 1. The molecule has 3 heterocycles. The average Bonchev–Trinajstić information content (AvgIpc) is 3.30. The molecule has 36 heavy (non-hydrogen) atoms. The summed E-state index contributed by atoms with van der Waals surface area (Å²) in [5.74, 6) is 0. The van der Waals surface area contributed by atoms with Gasteiger partial charge in [0.05, 0.1) is 46.3 Å². The summed E-state index contributed by atoms with van der Waals surface area (Å²) in [4.78, 5) is 26.5. The molecule has 1 fully saturated rings. The molecule has 5 rings (SSSR count). The predicted octanol–water partition coefficient (Wildman–Crippen LogP) is 0.803. The first-order valence-electron chi connectivity index (χ1n) is 11.0. The second-order valence-electron chi connectivity index (χ2n) is 9.00. The van der Waals surface area contributed by atoms with Crippen molar-refractivity contribution in [2.24, 2.45) is 14.1 Å². The molecule has 1 N–H and O–H groups in total. The van der Waals surface area contributed by atoms with Crippen molar-refractivity contribution in [2.45, 2.75) is 42.8 Å². The standard InChI is InChI=1S/C22H23F2N7O4S/c1-28-8-5-15(26-28)13-30-18-4-3-16(36(34,35)27-22(6-7-22)20(23)24)9-17(18)19(32)31(21(30)33)12-14-10-25-29(2)11-14/h3-5,8-11,20,27H,6-7,12-13H2,1-2H3. The summed E-state index contributed by atoms with van der Waals surface area (Å²) in [6.07, 6.45) is 2.08. The second-order valence-corrected chi connectivity index (χ2v) is 10.7. The molecule has 14 heteroatoms. The molecule has 0 amide bonds. The van der Waals surface area contributed by atoms with Crippen molar-refractivity contribution >= 4 is 20.9 Å². The Morgan fingerprint density at radius 2 is 1.83 bits per heavy atom. The minimum absolute atomic E-state index is 0.0268. The molecule has 190 valence electrons. The van der Waals surface area contributed by atoms with Crippen molar-refractivity contribution in [1.82, 2.24) is 33.4 Å². The van der Waals surface area contributed by atoms with Gasteiger partial charge >= 0.3 is 5.69 Å². The second kappa shape index (κ2) is 8.48. The molecule has 1 aliphatic rings. The lowest BCUT2D eigenvalue weighted by atomic mass is 10.2. The van der Waals surface area contributed by atoms with Crippen LogP contribution in [0.1, 0.15) is 24.1 Å². The zero-order valence-electron chi connectivity index (χ0n) is 19.4. The lowest BCUT2D eigenvalue weighted by Crippen LogP contribution is -2.42. The van der Waals surface area contributed by atoms with Gasteiger partial charge in [-0.2, -0.15) is 14.9 Å². The van der Waals surface area contributed by atoms with Gasteiger partial charge < -0.3 is 0 Å². The van der Waals surface area contributed by atoms with E-state index in [-0.39, 0.29) is 41.7 Å². The monoisotopic (exact) mass is 519 g/mol. The number of nitrogens with one attached hydrogen (secondary N) is 1. The first-order chi connectivity index (χ1) is 17.0. The minimum atomic E-state index is -4.35. The normalized spacial score (nSPS) is 15.1. The molecule has 0 atom stereocenters. The van der Waals surface area contributed by atoms with E-state index < -0.39 is 33.2 Å². The summed E-state index contributed by atoms with van der Waals surface area (Å²) in [5.41, 5.74) is -1.75. The van der Waals surface area contributed by atoms with Crippen LogP contribution in [0.5, 0.6) is 0 Å². The summed E-state index contributed by atoms with van der Waals surface area (Å²) in [5, 5.41) is 8.31. The highest BCUT2D eigenvalue weighted by atomic mass is 32.2. The number of aromatic nitrogens is 6. The third-order valence-electron chi connectivity index (χ3n) is 6.24. The van der Waals surface area contributed by atoms with Crippen LogP contribution in [-0.2, 0) is 37.2 Å². The topological polar surface area (TPSA) is 126 Å². The highest BCUT2D eigenvalue weighted by Crippen LogP contribution is 2.42. The van der Waals surface area contributed by atoms with Gasteiger partial charge in [0.2, 0.25) is 10.0 Å². The van der Waals surface area contributed by atoms with E-state index in [1.807, 2.05) is 0 Å².